The van der Waals surface area contributed by atoms with Gasteiger partial charge in [0.1, 0.15) is 0 Å². The monoisotopic (exact) mass is 279 g/mol. The highest BCUT2D eigenvalue weighted by atomic mass is 16.3. The fraction of sp³-hybridized carbons (Fsp3) is 0.647. The highest BCUT2D eigenvalue weighted by Crippen LogP contribution is 2.27. The SMILES string of the molecule is CCCCCCCCCCNCc1cccc(O)c1O. The maximum Gasteiger partial charge on any atom is 0.161 e. The summed E-state index contributed by atoms with van der Waals surface area (Å²) in [6, 6.07) is 5.08. The lowest BCUT2D eigenvalue weighted by Gasteiger charge is -2.08. The number of aromatic hydroxyl groups is 2. The number of hydrogen-bond acceptors (Lipinski definition) is 3. The van der Waals surface area contributed by atoms with E-state index in [1.165, 1.54) is 57.4 Å². The van der Waals surface area contributed by atoms with Crippen LogP contribution in [0.5, 0.6) is 11.5 Å². The van der Waals surface area contributed by atoms with Gasteiger partial charge in [0.05, 0.1) is 0 Å². The Morgan fingerprint density at radius 2 is 1.55 bits per heavy atom. The van der Waals surface area contributed by atoms with E-state index in [0.29, 0.717) is 6.54 Å². The molecule has 0 aliphatic heterocycles. The molecule has 0 aliphatic rings. The van der Waals surface area contributed by atoms with E-state index in [-0.39, 0.29) is 11.5 Å². The molecule has 3 N–H and O–H groups in total. The molecule has 0 bridgehead atoms. The van der Waals surface area contributed by atoms with Gasteiger partial charge in [-0.25, -0.2) is 0 Å². The van der Waals surface area contributed by atoms with E-state index >= 15 is 0 Å². The Morgan fingerprint density at radius 3 is 2.25 bits per heavy atom. The minimum atomic E-state index is -0.0450. The molecule has 1 rings (SSSR count). The minimum Gasteiger partial charge on any atom is -0.504 e. The van der Waals surface area contributed by atoms with Gasteiger partial charge in [-0.3, -0.25) is 0 Å². The summed E-state index contributed by atoms with van der Waals surface area (Å²) < 4.78 is 0. The molecule has 0 fully saturated rings. The van der Waals surface area contributed by atoms with E-state index in [1.807, 2.05) is 6.07 Å². The Kier molecular flexibility index (Phi) is 8.88. The van der Waals surface area contributed by atoms with Crippen molar-refractivity contribution < 1.29 is 10.2 Å². The molecule has 3 heteroatoms. The molecule has 20 heavy (non-hydrogen) atoms. The summed E-state index contributed by atoms with van der Waals surface area (Å²) in [5, 5.41) is 22.3. The minimum absolute atomic E-state index is 0.00377. The quantitative estimate of drug-likeness (QED) is 0.417. The second kappa shape index (κ2) is 10.6. The van der Waals surface area contributed by atoms with Crippen molar-refractivity contribution in [3.05, 3.63) is 23.8 Å². The molecule has 0 atom stereocenters. The van der Waals surface area contributed by atoms with Gasteiger partial charge in [-0.1, -0.05) is 64.0 Å². The van der Waals surface area contributed by atoms with Crippen molar-refractivity contribution in [3.63, 3.8) is 0 Å². The highest BCUT2D eigenvalue weighted by molar-refractivity contribution is 5.44. The van der Waals surface area contributed by atoms with Crippen LogP contribution in [0.3, 0.4) is 0 Å². The molecule has 0 aromatic heterocycles. The van der Waals surface area contributed by atoms with Crippen LogP contribution in [0.25, 0.3) is 0 Å². The third-order valence-electron chi connectivity index (χ3n) is 3.62. The Balaban J connectivity index is 1.98. The van der Waals surface area contributed by atoms with Crippen molar-refractivity contribution in [1.29, 1.82) is 0 Å². The summed E-state index contributed by atoms with van der Waals surface area (Å²) >= 11 is 0. The molecule has 0 heterocycles. The van der Waals surface area contributed by atoms with E-state index < -0.39 is 0 Å². The number of para-hydroxylation sites is 1. The van der Waals surface area contributed by atoms with Crippen LogP contribution in [-0.2, 0) is 6.54 Å². The number of hydrogen-bond donors (Lipinski definition) is 3. The van der Waals surface area contributed by atoms with Gasteiger partial charge in [-0.2, -0.15) is 0 Å². The van der Waals surface area contributed by atoms with Crippen LogP contribution < -0.4 is 5.32 Å². The number of benzene rings is 1. The van der Waals surface area contributed by atoms with Crippen molar-refractivity contribution in [2.75, 3.05) is 6.54 Å². The molecule has 0 amide bonds. The Hall–Kier alpha value is -1.22. The van der Waals surface area contributed by atoms with Gasteiger partial charge < -0.3 is 15.5 Å². The molecule has 0 saturated carbocycles. The molecule has 0 spiro atoms. The zero-order valence-corrected chi connectivity index (χ0v) is 12.7. The third kappa shape index (κ3) is 6.80. The van der Waals surface area contributed by atoms with Gasteiger partial charge in [0.25, 0.3) is 0 Å². The van der Waals surface area contributed by atoms with Crippen LogP contribution in [0.2, 0.25) is 0 Å². The van der Waals surface area contributed by atoms with Gasteiger partial charge in [-0.05, 0) is 19.0 Å². The molecule has 0 radical (unpaired) electrons. The van der Waals surface area contributed by atoms with Crippen LogP contribution >= 0.6 is 0 Å². The second-order valence-corrected chi connectivity index (χ2v) is 5.44. The first-order chi connectivity index (χ1) is 9.75. The summed E-state index contributed by atoms with van der Waals surface area (Å²) in [5.41, 5.74) is 0.754. The summed E-state index contributed by atoms with van der Waals surface area (Å²) in [7, 11) is 0. The molecule has 114 valence electrons. The van der Waals surface area contributed by atoms with Crippen LogP contribution in [0, 0.1) is 0 Å². The van der Waals surface area contributed by atoms with Crippen molar-refractivity contribution in [2.24, 2.45) is 0 Å². The van der Waals surface area contributed by atoms with E-state index in [4.69, 9.17) is 0 Å². The van der Waals surface area contributed by atoms with E-state index in [2.05, 4.69) is 12.2 Å². The summed E-state index contributed by atoms with van der Waals surface area (Å²) in [6.45, 7) is 3.82. The number of rotatable bonds is 11. The summed E-state index contributed by atoms with van der Waals surface area (Å²) in [4.78, 5) is 0. The summed E-state index contributed by atoms with van der Waals surface area (Å²) in [5.74, 6) is -0.0488. The zero-order valence-electron chi connectivity index (χ0n) is 12.7. The highest BCUT2D eigenvalue weighted by Gasteiger charge is 2.04. The number of phenols is 2. The molecule has 0 saturated heterocycles. The number of unbranched alkanes of at least 4 members (excludes halogenated alkanes) is 7. The first-order valence-corrected chi connectivity index (χ1v) is 7.96. The third-order valence-corrected chi connectivity index (χ3v) is 3.62. The van der Waals surface area contributed by atoms with E-state index in [1.54, 1.807) is 6.07 Å². The molecule has 3 nitrogen and oxygen atoms in total. The molecular weight excluding hydrogens is 250 g/mol. The Labute approximate surface area is 123 Å². The first kappa shape index (κ1) is 16.8. The second-order valence-electron chi connectivity index (χ2n) is 5.44. The first-order valence-electron chi connectivity index (χ1n) is 7.96. The van der Waals surface area contributed by atoms with Crippen LogP contribution in [0.4, 0.5) is 0 Å². The smallest absolute Gasteiger partial charge is 0.161 e. The maximum absolute atomic E-state index is 9.65. The topological polar surface area (TPSA) is 52.5 Å². The zero-order chi connectivity index (χ0) is 14.6. The van der Waals surface area contributed by atoms with Gasteiger partial charge in [-0.15, -0.1) is 0 Å². The van der Waals surface area contributed by atoms with E-state index in [9.17, 15) is 10.2 Å². The molecular formula is C17H29NO2. The van der Waals surface area contributed by atoms with Crippen molar-refractivity contribution >= 4 is 0 Å². The summed E-state index contributed by atoms with van der Waals surface area (Å²) in [6.07, 6.45) is 10.6. The van der Waals surface area contributed by atoms with Crippen LogP contribution in [0.15, 0.2) is 18.2 Å². The molecule has 1 aromatic rings. The predicted octanol–water partition coefficient (Wildman–Crippen LogP) is 4.33. The lowest BCUT2D eigenvalue weighted by molar-refractivity contribution is 0.397. The predicted molar refractivity (Wildman–Crippen MR) is 84.1 cm³/mol. The van der Waals surface area contributed by atoms with Gasteiger partial charge in [0.2, 0.25) is 0 Å². The van der Waals surface area contributed by atoms with Crippen molar-refractivity contribution in [2.45, 2.75) is 64.8 Å². The normalized spacial score (nSPS) is 10.8. The average molecular weight is 279 g/mol. The molecule has 0 aliphatic carbocycles. The number of phenolic OH excluding ortho intramolecular Hbond substituents is 2. The van der Waals surface area contributed by atoms with Crippen molar-refractivity contribution in [3.8, 4) is 11.5 Å². The Morgan fingerprint density at radius 1 is 0.900 bits per heavy atom. The van der Waals surface area contributed by atoms with Crippen LogP contribution in [0.1, 0.15) is 63.9 Å². The van der Waals surface area contributed by atoms with Gasteiger partial charge in [0, 0.05) is 12.1 Å². The number of nitrogens with one attached hydrogen (secondary N) is 1. The molecule has 1 aromatic carbocycles. The van der Waals surface area contributed by atoms with Gasteiger partial charge in [0.15, 0.2) is 11.5 Å². The standard InChI is InChI=1S/C17H29NO2/c1-2-3-4-5-6-7-8-9-13-18-14-15-11-10-12-16(19)17(15)20/h10-12,18-20H,2-9,13-14H2,1H3. The van der Waals surface area contributed by atoms with Crippen LogP contribution in [-0.4, -0.2) is 16.8 Å². The Bertz CT molecular complexity index is 366. The molecule has 0 unspecified atom stereocenters. The van der Waals surface area contributed by atoms with E-state index in [0.717, 1.165) is 12.1 Å². The lowest BCUT2D eigenvalue weighted by Crippen LogP contribution is -2.14. The average Bonchev–Trinajstić information content (AvgIpc) is 2.45. The maximum atomic E-state index is 9.65. The largest absolute Gasteiger partial charge is 0.504 e. The fourth-order valence-electron chi connectivity index (χ4n) is 2.33. The van der Waals surface area contributed by atoms with Crippen molar-refractivity contribution in [1.82, 2.24) is 5.32 Å². The lowest BCUT2D eigenvalue weighted by atomic mass is 10.1. The fourth-order valence-corrected chi connectivity index (χ4v) is 2.33. The van der Waals surface area contributed by atoms with Gasteiger partial charge >= 0.3 is 0 Å².